The largest absolute Gasteiger partial charge is 0.497 e. The maximum Gasteiger partial charge on any atom is 0.252 e. The fourth-order valence-corrected chi connectivity index (χ4v) is 4.49. The maximum absolute atomic E-state index is 13.4. The number of nitrogens with zero attached hydrogens (tertiary/aromatic N) is 2. The van der Waals surface area contributed by atoms with Crippen LogP contribution in [0.3, 0.4) is 0 Å². The summed E-state index contributed by atoms with van der Waals surface area (Å²) < 4.78 is 26.4. The highest BCUT2D eigenvalue weighted by Gasteiger charge is 2.25. The van der Waals surface area contributed by atoms with Crippen molar-refractivity contribution in [1.29, 1.82) is 0 Å². The molecule has 8 heteroatoms. The van der Waals surface area contributed by atoms with Crippen molar-refractivity contribution in [1.82, 2.24) is 14.9 Å². The number of hydrogen-bond donors (Lipinski definition) is 2. The number of carbonyl (C=O) groups is 1. The minimum absolute atomic E-state index is 0.0241. The molecule has 0 fully saturated rings. The third-order valence-electron chi connectivity index (χ3n) is 6.39. The minimum Gasteiger partial charge on any atom is -0.497 e. The van der Waals surface area contributed by atoms with Crippen LogP contribution in [0.5, 0.6) is 17.4 Å². The molecule has 3 aromatic carbocycles. The van der Waals surface area contributed by atoms with Crippen molar-refractivity contribution in [2.75, 3.05) is 14.2 Å². The van der Waals surface area contributed by atoms with Gasteiger partial charge < -0.3 is 24.5 Å². The van der Waals surface area contributed by atoms with Crippen LogP contribution in [0.4, 0.5) is 4.39 Å². The fraction of sp³-hybridized carbons (Fsp3) is 0.172. The number of aromatic nitrogens is 2. The van der Waals surface area contributed by atoms with Gasteiger partial charge in [0.05, 0.1) is 18.1 Å². The molecule has 0 aliphatic carbocycles. The summed E-state index contributed by atoms with van der Waals surface area (Å²) in [5.41, 5.74) is 3.53. The van der Waals surface area contributed by atoms with Gasteiger partial charge in [-0.25, -0.2) is 4.39 Å². The van der Waals surface area contributed by atoms with Crippen LogP contribution in [0, 0.1) is 5.82 Å². The number of aromatic hydroxyl groups is 1. The van der Waals surface area contributed by atoms with Crippen LogP contribution in [0.2, 0.25) is 0 Å². The Balaban J connectivity index is 1.67. The number of carbonyl (C=O) groups excluding carboxylic acids is 1. The summed E-state index contributed by atoms with van der Waals surface area (Å²) in [4.78, 5) is 17.8. The van der Waals surface area contributed by atoms with E-state index in [9.17, 15) is 14.3 Å². The predicted octanol–water partition coefficient (Wildman–Crippen LogP) is 5.11. The molecule has 0 atom stereocenters. The highest BCUT2D eigenvalue weighted by Crippen LogP contribution is 2.43. The van der Waals surface area contributed by atoms with Crippen LogP contribution in [-0.4, -0.2) is 34.7 Å². The van der Waals surface area contributed by atoms with Gasteiger partial charge in [-0.2, -0.15) is 0 Å². The number of halogens is 1. The van der Waals surface area contributed by atoms with E-state index in [1.165, 1.54) is 12.1 Å². The second-order valence-electron chi connectivity index (χ2n) is 8.82. The van der Waals surface area contributed by atoms with E-state index in [2.05, 4.69) is 5.32 Å². The Kier molecular flexibility index (Phi) is 6.40. The van der Waals surface area contributed by atoms with Crippen molar-refractivity contribution < 1.29 is 23.8 Å². The molecule has 0 unspecified atom stereocenters. The van der Waals surface area contributed by atoms with E-state index in [1.54, 1.807) is 50.3 Å². The molecule has 0 aliphatic rings. The highest BCUT2D eigenvalue weighted by molar-refractivity contribution is 6.21. The number of ether oxygens (including phenoxy) is 2. The van der Waals surface area contributed by atoms with Crippen molar-refractivity contribution >= 4 is 27.6 Å². The molecule has 1 amide bonds. The summed E-state index contributed by atoms with van der Waals surface area (Å²) in [5, 5.41) is 15.2. The Morgan fingerprint density at radius 2 is 1.76 bits per heavy atom. The van der Waals surface area contributed by atoms with Gasteiger partial charge in [-0.1, -0.05) is 24.3 Å². The molecule has 188 valence electrons. The van der Waals surface area contributed by atoms with Crippen LogP contribution < -0.4 is 14.8 Å². The van der Waals surface area contributed by atoms with Crippen molar-refractivity contribution in [2.24, 2.45) is 7.05 Å². The first-order valence-electron chi connectivity index (χ1n) is 11.7. The number of rotatable bonds is 7. The molecule has 0 aliphatic heterocycles. The molecule has 2 aromatic heterocycles. The van der Waals surface area contributed by atoms with Gasteiger partial charge in [0.2, 0.25) is 5.88 Å². The molecule has 2 N–H and O–H groups in total. The number of amides is 1. The molecular formula is C29H26FN3O4. The molecule has 2 heterocycles. The lowest BCUT2D eigenvalue weighted by molar-refractivity contribution is 0.0966. The van der Waals surface area contributed by atoms with Gasteiger partial charge in [0.1, 0.15) is 23.7 Å². The number of methoxy groups -OCH3 is 1. The first-order chi connectivity index (χ1) is 17.9. The molecule has 5 rings (SSSR count). The molecule has 0 spiro atoms. The van der Waals surface area contributed by atoms with Crippen molar-refractivity contribution in [3.8, 4) is 17.4 Å². The number of aryl methyl sites for hydroxylation is 1. The lowest BCUT2D eigenvalue weighted by atomic mass is 9.97. The quantitative estimate of drug-likeness (QED) is 0.325. The van der Waals surface area contributed by atoms with Gasteiger partial charge >= 0.3 is 0 Å². The summed E-state index contributed by atoms with van der Waals surface area (Å²) in [7, 11) is 4.87. The van der Waals surface area contributed by atoms with E-state index in [4.69, 9.17) is 14.5 Å². The fourth-order valence-electron chi connectivity index (χ4n) is 4.49. The molecular weight excluding hydrogens is 473 g/mol. The zero-order valence-electron chi connectivity index (χ0n) is 20.7. The number of pyridine rings is 1. The Bertz CT molecular complexity index is 1610. The summed E-state index contributed by atoms with van der Waals surface area (Å²) in [6.07, 6.45) is 3.93. The number of hydrogen-bond acceptors (Lipinski definition) is 5. The highest BCUT2D eigenvalue weighted by atomic mass is 19.1. The SMILES string of the molecule is CNC(=O)c1c2cc(Cc3ccc(F)cc3)cnc2c(OCc2ccc(OC)cc2)c2c(O)n(C)cc12. The molecule has 37 heavy (non-hydrogen) atoms. The van der Waals surface area contributed by atoms with E-state index in [0.29, 0.717) is 39.4 Å². The van der Waals surface area contributed by atoms with Crippen LogP contribution in [0.25, 0.3) is 21.7 Å². The van der Waals surface area contributed by atoms with Crippen LogP contribution in [0.1, 0.15) is 27.0 Å². The van der Waals surface area contributed by atoms with E-state index < -0.39 is 0 Å². The second kappa shape index (κ2) is 9.81. The zero-order valence-corrected chi connectivity index (χ0v) is 20.7. The van der Waals surface area contributed by atoms with E-state index in [-0.39, 0.29) is 24.2 Å². The van der Waals surface area contributed by atoms with Crippen LogP contribution >= 0.6 is 0 Å². The second-order valence-corrected chi connectivity index (χ2v) is 8.82. The average Bonchev–Trinajstić information content (AvgIpc) is 3.21. The number of nitrogens with one attached hydrogen (secondary N) is 1. The summed E-state index contributed by atoms with van der Waals surface area (Å²) in [6.45, 7) is 0.223. The lowest BCUT2D eigenvalue weighted by Crippen LogP contribution is -2.19. The maximum atomic E-state index is 13.4. The smallest absolute Gasteiger partial charge is 0.252 e. The first-order valence-corrected chi connectivity index (χ1v) is 11.7. The molecule has 7 nitrogen and oxygen atoms in total. The Morgan fingerprint density at radius 3 is 2.43 bits per heavy atom. The Labute approximate surface area is 213 Å². The zero-order chi connectivity index (χ0) is 26.1. The van der Waals surface area contributed by atoms with Crippen LogP contribution in [-0.2, 0) is 20.1 Å². The molecule has 0 radical (unpaired) electrons. The third kappa shape index (κ3) is 4.53. The van der Waals surface area contributed by atoms with Crippen molar-refractivity contribution in [3.63, 3.8) is 0 Å². The van der Waals surface area contributed by atoms with Gasteiger partial charge in [0.15, 0.2) is 5.75 Å². The van der Waals surface area contributed by atoms with Crippen LogP contribution in [0.15, 0.2) is 67.0 Å². The van der Waals surface area contributed by atoms with E-state index >= 15 is 0 Å². The van der Waals surface area contributed by atoms with Crippen molar-refractivity contribution in [2.45, 2.75) is 13.0 Å². The van der Waals surface area contributed by atoms with E-state index in [0.717, 1.165) is 22.4 Å². The van der Waals surface area contributed by atoms with Gasteiger partial charge in [0.25, 0.3) is 5.91 Å². The summed E-state index contributed by atoms with van der Waals surface area (Å²) in [5.74, 6) is 0.502. The molecule has 0 bridgehead atoms. The average molecular weight is 500 g/mol. The van der Waals surface area contributed by atoms with Crippen molar-refractivity contribution in [3.05, 3.63) is 95.1 Å². The Morgan fingerprint density at radius 1 is 1.05 bits per heavy atom. The van der Waals surface area contributed by atoms with Gasteiger partial charge in [-0.3, -0.25) is 9.78 Å². The van der Waals surface area contributed by atoms with E-state index in [1.807, 2.05) is 30.3 Å². The first kappa shape index (κ1) is 24.1. The summed E-state index contributed by atoms with van der Waals surface area (Å²) >= 11 is 0. The summed E-state index contributed by atoms with van der Waals surface area (Å²) in [6, 6.07) is 15.7. The molecule has 0 saturated carbocycles. The third-order valence-corrected chi connectivity index (χ3v) is 6.39. The lowest BCUT2D eigenvalue weighted by Gasteiger charge is -2.15. The normalized spacial score (nSPS) is 11.1. The Hall–Kier alpha value is -4.59. The predicted molar refractivity (Wildman–Crippen MR) is 140 cm³/mol. The standard InChI is InChI=1S/C29H26FN3O4/c1-31-28(34)24-22-13-19(12-17-4-8-20(30)9-5-17)14-32-26(22)27(25-23(24)15-33(2)29(25)35)37-16-18-6-10-21(36-3)11-7-18/h4-11,13-15,35H,12,16H2,1-3H3,(H,31,34). The molecule has 0 saturated heterocycles. The van der Waals surface area contributed by atoms with Gasteiger partial charge in [-0.15, -0.1) is 0 Å². The minimum atomic E-state index is -0.303. The monoisotopic (exact) mass is 499 g/mol. The van der Waals surface area contributed by atoms with Gasteiger partial charge in [0, 0.05) is 37.3 Å². The number of benzene rings is 3. The number of fused-ring (bicyclic) bond motifs is 2. The molecule has 5 aromatic rings. The van der Waals surface area contributed by atoms with Gasteiger partial charge in [-0.05, 0) is 53.4 Å². The topological polar surface area (TPSA) is 85.6 Å².